The number of ether oxygens (including phenoxy) is 1. The van der Waals surface area contributed by atoms with Gasteiger partial charge in [-0.1, -0.05) is 12.1 Å². The molecule has 0 aliphatic carbocycles. The zero-order valence-corrected chi connectivity index (χ0v) is 12.9. The molecule has 0 aliphatic rings. The minimum atomic E-state index is -3.46. The molecule has 0 saturated heterocycles. The Morgan fingerprint density at radius 2 is 1.91 bits per heavy atom. The third-order valence-corrected chi connectivity index (χ3v) is 4.20. The summed E-state index contributed by atoms with van der Waals surface area (Å²) in [5.74, 6) is -0.580. The molecule has 0 amide bonds. The molecule has 0 aliphatic heterocycles. The lowest BCUT2D eigenvalue weighted by atomic mass is 10.1. The van der Waals surface area contributed by atoms with E-state index in [2.05, 4.69) is 4.72 Å². The average Bonchev–Trinajstić information content (AvgIpc) is 2.99. The van der Waals surface area contributed by atoms with E-state index in [1.54, 1.807) is 37.3 Å². The van der Waals surface area contributed by atoms with Crippen LogP contribution in [0.25, 0.3) is 0 Å². The standard InChI is InChI=1S/C15H17NO5S/c1-2-21-15(17)14-5-3-12(4-6-14)11-22(18,19)16-9-13-7-8-20-10-13/h3-8,10,16H,2,9,11H2,1H3. The second-order valence-electron chi connectivity index (χ2n) is 4.63. The predicted octanol–water partition coefficient (Wildman–Crippen LogP) is 2.08. The molecule has 0 radical (unpaired) electrons. The normalized spacial score (nSPS) is 11.3. The van der Waals surface area contributed by atoms with Crippen molar-refractivity contribution >= 4 is 16.0 Å². The molecule has 1 aromatic carbocycles. The second kappa shape index (κ2) is 7.24. The van der Waals surface area contributed by atoms with Crippen molar-refractivity contribution in [3.05, 3.63) is 59.5 Å². The summed E-state index contributed by atoms with van der Waals surface area (Å²) in [6, 6.07) is 8.00. The molecule has 6 nitrogen and oxygen atoms in total. The fourth-order valence-corrected chi connectivity index (χ4v) is 2.93. The maximum absolute atomic E-state index is 12.0. The molecule has 1 N–H and O–H groups in total. The van der Waals surface area contributed by atoms with Gasteiger partial charge < -0.3 is 9.15 Å². The van der Waals surface area contributed by atoms with E-state index in [0.29, 0.717) is 17.7 Å². The molecule has 7 heteroatoms. The van der Waals surface area contributed by atoms with Crippen LogP contribution in [-0.2, 0) is 27.1 Å². The first-order chi connectivity index (χ1) is 10.5. The van der Waals surface area contributed by atoms with E-state index in [4.69, 9.17) is 9.15 Å². The van der Waals surface area contributed by atoms with Gasteiger partial charge >= 0.3 is 5.97 Å². The number of furan rings is 1. The number of hydrogen-bond acceptors (Lipinski definition) is 5. The highest BCUT2D eigenvalue weighted by Crippen LogP contribution is 2.10. The van der Waals surface area contributed by atoms with Gasteiger partial charge in [0, 0.05) is 12.1 Å². The SMILES string of the molecule is CCOC(=O)c1ccc(CS(=O)(=O)NCc2ccoc2)cc1. The quantitative estimate of drug-likeness (QED) is 0.788. The smallest absolute Gasteiger partial charge is 0.338 e. The summed E-state index contributed by atoms with van der Waals surface area (Å²) < 4.78 is 36.2. The average molecular weight is 323 g/mol. The molecule has 1 aromatic heterocycles. The molecular formula is C15H17NO5S. The Kier molecular flexibility index (Phi) is 5.35. The fraction of sp³-hybridized carbons (Fsp3) is 0.267. The summed E-state index contributed by atoms with van der Waals surface area (Å²) in [5.41, 5.74) is 1.74. The summed E-state index contributed by atoms with van der Waals surface area (Å²) in [5, 5.41) is 0. The molecule has 2 aromatic rings. The van der Waals surface area contributed by atoms with Crippen molar-refractivity contribution in [2.75, 3.05) is 6.61 Å². The van der Waals surface area contributed by atoms with Crippen LogP contribution < -0.4 is 4.72 Å². The topological polar surface area (TPSA) is 85.6 Å². The number of carbonyl (C=O) groups excluding carboxylic acids is 1. The van der Waals surface area contributed by atoms with Crippen molar-refractivity contribution in [1.82, 2.24) is 4.72 Å². The van der Waals surface area contributed by atoms with E-state index in [-0.39, 0.29) is 12.3 Å². The van der Waals surface area contributed by atoms with Crippen molar-refractivity contribution in [3.63, 3.8) is 0 Å². The van der Waals surface area contributed by atoms with E-state index in [1.165, 1.54) is 12.5 Å². The molecule has 1 heterocycles. The van der Waals surface area contributed by atoms with Gasteiger partial charge in [0.25, 0.3) is 0 Å². The van der Waals surface area contributed by atoms with Gasteiger partial charge in [0.1, 0.15) is 0 Å². The van der Waals surface area contributed by atoms with Gasteiger partial charge in [-0.15, -0.1) is 0 Å². The van der Waals surface area contributed by atoms with E-state index >= 15 is 0 Å². The molecular weight excluding hydrogens is 306 g/mol. The van der Waals surface area contributed by atoms with Crippen molar-refractivity contribution in [2.24, 2.45) is 0 Å². The van der Waals surface area contributed by atoms with Crippen molar-refractivity contribution < 1.29 is 22.4 Å². The number of esters is 1. The maximum atomic E-state index is 12.0. The third kappa shape index (κ3) is 4.71. The van der Waals surface area contributed by atoms with Gasteiger partial charge in [0.15, 0.2) is 0 Å². The van der Waals surface area contributed by atoms with Crippen LogP contribution in [0.5, 0.6) is 0 Å². The minimum absolute atomic E-state index is 0.159. The van der Waals surface area contributed by atoms with Gasteiger partial charge in [-0.2, -0.15) is 0 Å². The fourth-order valence-electron chi connectivity index (χ4n) is 1.81. The Balaban J connectivity index is 1.95. The van der Waals surface area contributed by atoms with E-state index < -0.39 is 16.0 Å². The molecule has 0 bridgehead atoms. The van der Waals surface area contributed by atoms with Crippen molar-refractivity contribution in [1.29, 1.82) is 0 Å². The number of rotatable bonds is 7. The Bertz CT molecular complexity index is 705. The maximum Gasteiger partial charge on any atom is 0.338 e. The third-order valence-electron chi connectivity index (χ3n) is 2.90. The summed E-state index contributed by atoms with van der Waals surface area (Å²) in [4.78, 5) is 11.5. The second-order valence-corrected chi connectivity index (χ2v) is 6.44. The Hall–Kier alpha value is -2.12. The lowest BCUT2D eigenvalue weighted by Gasteiger charge is -2.07. The summed E-state index contributed by atoms with van der Waals surface area (Å²) in [7, 11) is -3.46. The van der Waals surface area contributed by atoms with Crippen LogP contribution >= 0.6 is 0 Å². The van der Waals surface area contributed by atoms with Crippen LogP contribution in [0.15, 0.2) is 47.3 Å². The molecule has 118 valence electrons. The zero-order chi connectivity index (χ0) is 16.0. The van der Waals surface area contributed by atoms with Gasteiger partial charge in [0.05, 0.1) is 30.4 Å². The molecule has 0 saturated carbocycles. The molecule has 22 heavy (non-hydrogen) atoms. The predicted molar refractivity (Wildman–Crippen MR) is 80.6 cm³/mol. The van der Waals surface area contributed by atoms with Crippen LogP contribution in [0.4, 0.5) is 0 Å². The van der Waals surface area contributed by atoms with Crippen molar-refractivity contribution in [3.8, 4) is 0 Å². The van der Waals surface area contributed by atoms with E-state index in [1.807, 2.05) is 0 Å². The van der Waals surface area contributed by atoms with E-state index in [0.717, 1.165) is 5.56 Å². The zero-order valence-electron chi connectivity index (χ0n) is 12.1. The summed E-state index contributed by atoms with van der Waals surface area (Å²) >= 11 is 0. The first-order valence-electron chi connectivity index (χ1n) is 6.74. The minimum Gasteiger partial charge on any atom is -0.472 e. The molecule has 0 spiro atoms. The number of sulfonamides is 1. The number of carbonyl (C=O) groups is 1. The number of nitrogens with one attached hydrogen (secondary N) is 1. The monoisotopic (exact) mass is 323 g/mol. The molecule has 0 atom stereocenters. The van der Waals surface area contributed by atoms with Crippen molar-refractivity contribution in [2.45, 2.75) is 19.2 Å². The lowest BCUT2D eigenvalue weighted by molar-refractivity contribution is 0.0526. The highest BCUT2D eigenvalue weighted by molar-refractivity contribution is 7.88. The Morgan fingerprint density at radius 3 is 2.50 bits per heavy atom. The first kappa shape index (κ1) is 16.3. The molecule has 2 rings (SSSR count). The summed E-state index contributed by atoms with van der Waals surface area (Å²) in [6.07, 6.45) is 2.97. The number of hydrogen-bond donors (Lipinski definition) is 1. The van der Waals surface area contributed by atoms with E-state index in [9.17, 15) is 13.2 Å². The largest absolute Gasteiger partial charge is 0.472 e. The first-order valence-corrected chi connectivity index (χ1v) is 8.40. The highest BCUT2D eigenvalue weighted by Gasteiger charge is 2.13. The van der Waals surface area contributed by atoms with Crippen LogP contribution in [0, 0.1) is 0 Å². The Labute approximate surface area is 129 Å². The summed E-state index contributed by atoms with van der Waals surface area (Å²) in [6.45, 7) is 2.21. The van der Waals surface area contributed by atoms with Gasteiger partial charge in [-0.3, -0.25) is 0 Å². The Morgan fingerprint density at radius 1 is 1.18 bits per heavy atom. The van der Waals surface area contributed by atoms with Gasteiger partial charge in [-0.05, 0) is 30.7 Å². The van der Waals surface area contributed by atoms with Crippen LogP contribution in [0.3, 0.4) is 0 Å². The van der Waals surface area contributed by atoms with Crippen LogP contribution in [-0.4, -0.2) is 21.0 Å². The molecule has 0 unspecified atom stereocenters. The van der Waals surface area contributed by atoms with Gasteiger partial charge in [0.2, 0.25) is 10.0 Å². The highest BCUT2D eigenvalue weighted by atomic mass is 32.2. The van der Waals surface area contributed by atoms with Crippen LogP contribution in [0.2, 0.25) is 0 Å². The number of benzene rings is 1. The van der Waals surface area contributed by atoms with Gasteiger partial charge in [-0.25, -0.2) is 17.9 Å². The lowest BCUT2D eigenvalue weighted by Crippen LogP contribution is -2.24. The van der Waals surface area contributed by atoms with Crippen LogP contribution in [0.1, 0.15) is 28.4 Å². The molecule has 0 fully saturated rings.